The van der Waals surface area contributed by atoms with E-state index in [0.29, 0.717) is 17.7 Å². The third-order valence-electron chi connectivity index (χ3n) is 3.48. The van der Waals surface area contributed by atoms with E-state index < -0.39 is 19.0 Å². The molecule has 0 radical (unpaired) electrons. The molecule has 1 heterocycles. The van der Waals surface area contributed by atoms with Gasteiger partial charge in [0.1, 0.15) is 17.1 Å². The molecular weight excluding hydrogens is 321 g/mol. The lowest BCUT2D eigenvalue weighted by molar-refractivity contribution is 0.347. The lowest BCUT2D eigenvalue weighted by atomic mass is 10.1. The van der Waals surface area contributed by atoms with Gasteiger partial charge in [-0.25, -0.2) is 4.79 Å². The molecule has 0 aliphatic carbocycles. The normalized spacial score (nSPS) is 13.2. The number of hydrogen-bond acceptors (Lipinski definition) is 5. The van der Waals surface area contributed by atoms with E-state index in [1.54, 1.807) is 12.1 Å². The highest BCUT2D eigenvalue weighted by atomic mass is 31.2. The minimum Gasteiger partial charge on any atom is -0.497 e. The predicted molar refractivity (Wildman–Crippen MR) is 86.7 cm³/mol. The molecule has 23 heavy (non-hydrogen) atoms. The summed E-state index contributed by atoms with van der Waals surface area (Å²) in [6, 6.07) is 5.91. The van der Waals surface area contributed by atoms with Gasteiger partial charge in [-0.05, 0) is 30.7 Å². The van der Waals surface area contributed by atoms with Crippen LogP contribution in [0.3, 0.4) is 0 Å². The van der Waals surface area contributed by atoms with Crippen LogP contribution in [0, 0.1) is 0 Å². The first kappa shape index (κ1) is 17.7. The number of methoxy groups -OCH3 is 1. The van der Waals surface area contributed by atoms with Gasteiger partial charge < -0.3 is 18.9 Å². The molecule has 2 aromatic rings. The predicted octanol–water partition coefficient (Wildman–Crippen LogP) is 2.37. The summed E-state index contributed by atoms with van der Waals surface area (Å²) in [5.74, 6) is -0.765. The number of hydrogen-bond donors (Lipinski definition) is 3. The highest BCUT2D eigenvalue weighted by Gasteiger charge is 2.32. The zero-order chi connectivity index (χ0) is 17.0. The van der Waals surface area contributed by atoms with Crippen LogP contribution < -0.4 is 15.7 Å². The van der Waals surface area contributed by atoms with Crippen LogP contribution in [0.25, 0.3) is 11.0 Å². The number of fused-ring (bicyclic) bond motifs is 1. The maximum atomic E-state index is 11.9. The molecule has 0 aliphatic heterocycles. The van der Waals surface area contributed by atoms with Crippen molar-refractivity contribution < 1.29 is 23.5 Å². The Morgan fingerprint density at radius 1 is 1.35 bits per heavy atom. The fourth-order valence-electron chi connectivity index (χ4n) is 2.35. The van der Waals surface area contributed by atoms with Gasteiger partial charge in [0.25, 0.3) is 0 Å². The van der Waals surface area contributed by atoms with Gasteiger partial charge in [-0.1, -0.05) is 13.3 Å². The molecule has 1 unspecified atom stereocenters. The van der Waals surface area contributed by atoms with Gasteiger partial charge in [-0.15, -0.1) is 0 Å². The van der Waals surface area contributed by atoms with Crippen LogP contribution >= 0.6 is 7.60 Å². The van der Waals surface area contributed by atoms with Crippen molar-refractivity contribution in [2.24, 2.45) is 0 Å². The fourth-order valence-corrected chi connectivity index (χ4v) is 3.29. The van der Waals surface area contributed by atoms with Crippen LogP contribution in [0.5, 0.6) is 5.75 Å². The minimum absolute atomic E-state index is 0.225. The third-order valence-corrected chi connectivity index (χ3v) is 4.62. The molecule has 0 saturated carbocycles. The summed E-state index contributed by atoms with van der Waals surface area (Å²) < 4.78 is 22.1. The Labute approximate surface area is 133 Å². The molecule has 126 valence electrons. The number of ether oxygens (including phenoxy) is 1. The molecule has 0 amide bonds. The number of nitrogens with one attached hydrogen (secondary N) is 1. The second-order valence-electron chi connectivity index (χ2n) is 5.18. The lowest BCUT2D eigenvalue weighted by Crippen LogP contribution is -2.23. The quantitative estimate of drug-likeness (QED) is 0.403. The van der Waals surface area contributed by atoms with Gasteiger partial charge in [-0.3, -0.25) is 9.88 Å². The van der Waals surface area contributed by atoms with E-state index >= 15 is 0 Å². The van der Waals surface area contributed by atoms with E-state index in [4.69, 9.17) is 9.15 Å². The molecule has 1 aromatic carbocycles. The average molecular weight is 341 g/mol. The Bertz CT molecular complexity index is 781. The Hall–Kier alpha value is -1.66. The van der Waals surface area contributed by atoms with Gasteiger partial charge in [0.05, 0.1) is 7.11 Å². The van der Waals surface area contributed by atoms with Crippen molar-refractivity contribution in [3.8, 4) is 5.75 Å². The maximum absolute atomic E-state index is 11.9. The Morgan fingerprint density at radius 3 is 2.70 bits per heavy atom. The fraction of sp³-hybridized carbons (Fsp3) is 0.400. The Kier molecular flexibility index (Phi) is 5.59. The first-order valence-electron chi connectivity index (χ1n) is 7.27. The summed E-state index contributed by atoms with van der Waals surface area (Å²) in [5.41, 5.74) is -0.220. The average Bonchev–Trinajstić information content (AvgIpc) is 2.49. The first-order chi connectivity index (χ1) is 10.9. The van der Waals surface area contributed by atoms with E-state index in [1.807, 2.05) is 6.92 Å². The molecule has 0 saturated heterocycles. The topological polar surface area (TPSA) is 109 Å². The summed E-state index contributed by atoms with van der Waals surface area (Å²) in [6.45, 7) is 2.41. The molecule has 0 fully saturated rings. The number of unbranched alkanes of at least 4 members (excludes halogenated alkanes) is 1. The largest absolute Gasteiger partial charge is 0.497 e. The van der Waals surface area contributed by atoms with Gasteiger partial charge >= 0.3 is 13.2 Å². The summed E-state index contributed by atoms with van der Waals surface area (Å²) in [7, 11) is -3.02. The van der Waals surface area contributed by atoms with Gasteiger partial charge in [0, 0.05) is 17.5 Å². The minimum atomic E-state index is -4.50. The maximum Gasteiger partial charge on any atom is 0.346 e. The standard InChI is InChI=1S/C15H20NO6P/c1-3-4-7-16-15(23(18,19)20)12-9-14(17)22-13-8-10(21-2)5-6-11(12)13/h5-6,8-9,15-16H,3-4,7H2,1-2H3,(H2,18,19,20). The number of benzene rings is 1. The van der Waals surface area contributed by atoms with Gasteiger partial charge in [0.15, 0.2) is 0 Å². The molecule has 7 nitrogen and oxygen atoms in total. The van der Waals surface area contributed by atoms with E-state index in [1.165, 1.54) is 13.2 Å². The van der Waals surface area contributed by atoms with Crippen molar-refractivity contribution in [3.63, 3.8) is 0 Å². The summed E-state index contributed by atoms with van der Waals surface area (Å²) in [4.78, 5) is 31.1. The summed E-state index contributed by atoms with van der Waals surface area (Å²) >= 11 is 0. The van der Waals surface area contributed by atoms with E-state index in [2.05, 4.69) is 5.32 Å². The summed E-state index contributed by atoms with van der Waals surface area (Å²) in [5, 5.41) is 3.31. The van der Waals surface area contributed by atoms with Crippen molar-refractivity contribution >= 4 is 18.6 Å². The third kappa shape index (κ3) is 4.20. The zero-order valence-corrected chi connectivity index (χ0v) is 13.9. The smallest absolute Gasteiger partial charge is 0.346 e. The molecule has 1 aromatic heterocycles. The van der Waals surface area contributed by atoms with E-state index in [9.17, 15) is 19.1 Å². The van der Waals surface area contributed by atoms with E-state index in [-0.39, 0.29) is 11.1 Å². The Morgan fingerprint density at radius 2 is 2.09 bits per heavy atom. The van der Waals surface area contributed by atoms with Crippen LogP contribution in [0.15, 0.2) is 33.5 Å². The van der Waals surface area contributed by atoms with Gasteiger partial charge in [-0.2, -0.15) is 0 Å². The first-order valence-corrected chi connectivity index (χ1v) is 8.95. The van der Waals surface area contributed by atoms with Crippen LogP contribution in [-0.4, -0.2) is 23.4 Å². The highest BCUT2D eigenvalue weighted by Crippen LogP contribution is 2.51. The molecule has 8 heteroatoms. The molecule has 0 spiro atoms. The van der Waals surface area contributed by atoms with Crippen molar-refractivity contribution in [1.29, 1.82) is 0 Å². The highest BCUT2D eigenvalue weighted by molar-refractivity contribution is 7.52. The SMILES string of the molecule is CCCCNC(c1cc(=O)oc2cc(OC)ccc12)P(=O)(O)O. The molecule has 2 rings (SSSR count). The van der Waals surface area contributed by atoms with Crippen molar-refractivity contribution in [2.45, 2.75) is 25.5 Å². The number of rotatable bonds is 7. The van der Waals surface area contributed by atoms with Crippen LogP contribution in [0.1, 0.15) is 31.1 Å². The van der Waals surface area contributed by atoms with E-state index in [0.717, 1.165) is 18.9 Å². The van der Waals surface area contributed by atoms with Crippen LogP contribution in [0.2, 0.25) is 0 Å². The van der Waals surface area contributed by atoms with Crippen LogP contribution in [-0.2, 0) is 4.57 Å². The summed E-state index contributed by atoms with van der Waals surface area (Å²) in [6.07, 6.45) is 1.65. The molecular formula is C15H20NO6P. The monoisotopic (exact) mass is 341 g/mol. The van der Waals surface area contributed by atoms with Crippen LogP contribution in [0.4, 0.5) is 0 Å². The van der Waals surface area contributed by atoms with Crippen molar-refractivity contribution in [3.05, 3.63) is 40.2 Å². The second-order valence-corrected chi connectivity index (χ2v) is 6.88. The molecule has 1 atom stereocenters. The van der Waals surface area contributed by atoms with Crippen molar-refractivity contribution in [2.75, 3.05) is 13.7 Å². The molecule has 3 N–H and O–H groups in total. The molecule has 0 bridgehead atoms. The zero-order valence-electron chi connectivity index (χ0n) is 13.0. The Balaban J connectivity index is 2.57. The van der Waals surface area contributed by atoms with Crippen molar-refractivity contribution in [1.82, 2.24) is 5.32 Å². The second kappa shape index (κ2) is 7.27. The molecule has 0 aliphatic rings. The van der Waals surface area contributed by atoms with Gasteiger partial charge in [0.2, 0.25) is 0 Å². The lowest BCUT2D eigenvalue weighted by Gasteiger charge is -2.21.